The Morgan fingerprint density at radius 2 is 1.77 bits per heavy atom. The highest BCUT2D eigenvalue weighted by Crippen LogP contribution is 2.25. The molecule has 0 aromatic heterocycles. The van der Waals surface area contributed by atoms with Crippen LogP contribution in [0.15, 0.2) is 48.5 Å². The Hall–Kier alpha value is -2.00. The molecule has 0 aliphatic rings. The highest BCUT2D eigenvalue weighted by atomic mass is 35.5. The van der Waals surface area contributed by atoms with Crippen LogP contribution in [0.3, 0.4) is 0 Å². The molecule has 0 atom stereocenters. The fourth-order valence-electron chi connectivity index (χ4n) is 2.19. The second kappa shape index (κ2) is 6.84. The lowest BCUT2D eigenvalue weighted by Gasteiger charge is -2.26. The zero-order valence-corrected chi connectivity index (χ0v) is 13.8. The SMILES string of the molecule is COc1ccc(C(C)(C)CNC(=O)c2ccccc2Cl)cc1. The molecule has 0 saturated heterocycles. The van der Waals surface area contributed by atoms with E-state index >= 15 is 0 Å². The van der Waals surface area contributed by atoms with Crippen molar-refractivity contribution in [3.63, 3.8) is 0 Å². The predicted molar refractivity (Wildman–Crippen MR) is 89.8 cm³/mol. The van der Waals surface area contributed by atoms with Gasteiger partial charge in [-0.3, -0.25) is 4.79 Å². The molecule has 22 heavy (non-hydrogen) atoms. The van der Waals surface area contributed by atoms with Crippen LogP contribution in [0.25, 0.3) is 0 Å². The minimum Gasteiger partial charge on any atom is -0.497 e. The average molecular weight is 318 g/mol. The molecule has 0 unspecified atom stereocenters. The van der Waals surface area contributed by atoms with Crippen LogP contribution in [0.1, 0.15) is 29.8 Å². The molecule has 2 aromatic carbocycles. The van der Waals surface area contributed by atoms with Crippen LogP contribution >= 0.6 is 11.6 Å². The Balaban J connectivity index is 2.05. The van der Waals surface area contributed by atoms with Crippen LogP contribution in [0, 0.1) is 0 Å². The van der Waals surface area contributed by atoms with Gasteiger partial charge in [0.05, 0.1) is 17.7 Å². The lowest BCUT2D eigenvalue weighted by molar-refractivity contribution is 0.0946. The Morgan fingerprint density at radius 1 is 1.14 bits per heavy atom. The summed E-state index contributed by atoms with van der Waals surface area (Å²) in [4.78, 5) is 12.2. The summed E-state index contributed by atoms with van der Waals surface area (Å²) in [6, 6.07) is 14.9. The summed E-state index contributed by atoms with van der Waals surface area (Å²) in [7, 11) is 1.64. The smallest absolute Gasteiger partial charge is 0.252 e. The van der Waals surface area contributed by atoms with Crippen LogP contribution in [0.5, 0.6) is 5.75 Å². The molecular formula is C18H20ClNO2. The summed E-state index contributed by atoms with van der Waals surface area (Å²) in [6.07, 6.45) is 0. The zero-order valence-electron chi connectivity index (χ0n) is 13.0. The van der Waals surface area contributed by atoms with Gasteiger partial charge in [-0.05, 0) is 29.8 Å². The number of nitrogens with one attached hydrogen (secondary N) is 1. The summed E-state index contributed by atoms with van der Waals surface area (Å²) >= 11 is 6.04. The van der Waals surface area contributed by atoms with E-state index in [1.165, 1.54) is 0 Å². The number of carbonyl (C=O) groups is 1. The largest absolute Gasteiger partial charge is 0.497 e. The Labute approximate surface area is 136 Å². The van der Waals surface area contributed by atoms with Gasteiger partial charge in [0.15, 0.2) is 0 Å². The molecule has 1 amide bonds. The van der Waals surface area contributed by atoms with E-state index < -0.39 is 0 Å². The summed E-state index contributed by atoms with van der Waals surface area (Å²) in [5, 5.41) is 3.41. The van der Waals surface area contributed by atoms with Gasteiger partial charge in [-0.25, -0.2) is 0 Å². The van der Waals surface area contributed by atoms with Crippen LogP contribution in [-0.4, -0.2) is 19.6 Å². The van der Waals surface area contributed by atoms with Crippen LogP contribution in [0.4, 0.5) is 0 Å². The molecule has 2 rings (SSSR count). The Bertz CT molecular complexity index is 650. The van der Waals surface area contributed by atoms with Crippen molar-refractivity contribution >= 4 is 17.5 Å². The number of methoxy groups -OCH3 is 1. The van der Waals surface area contributed by atoms with Crippen molar-refractivity contribution in [1.82, 2.24) is 5.32 Å². The normalized spacial score (nSPS) is 11.1. The third-order valence-electron chi connectivity index (χ3n) is 3.68. The Morgan fingerprint density at radius 3 is 2.36 bits per heavy atom. The topological polar surface area (TPSA) is 38.3 Å². The molecule has 0 saturated carbocycles. The van der Waals surface area contributed by atoms with Crippen molar-refractivity contribution in [1.29, 1.82) is 0 Å². The molecule has 1 N–H and O–H groups in total. The molecule has 4 heteroatoms. The van der Waals surface area contributed by atoms with E-state index in [2.05, 4.69) is 19.2 Å². The first-order valence-corrected chi connectivity index (χ1v) is 7.49. The minimum absolute atomic E-state index is 0.160. The van der Waals surface area contributed by atoms with Gasteiger partial charge in [0.1, 0.15) is 5.75 Å². The van der Waals surface area contributed by atoms with Gasteiger partial charge in [0.2, 0.25) is 0 Å². The first-order valence-electron chi connectivity index (χ1n) is 7.11. The molecule has 2 aromatic rings. The monoisotopic (exact) mass is 317 g/mol. The first kappa shape index (κ1) is 16.4. The van der Waals surface area contributed by atoms with E-state index in [0.29, 0.717) is 17.1 Å². The zero-order chi connectivity index (χ0) is 16.2. The minimum atomic E-state index is -0.191. The molecule has 0 aliphatic heterocycles. The van der Waals surface area contributed by atoms with Gasteiger partial charge < -0.3 is 10.1 Å². The van der Waals surface area contributed by atoms with E-state index in [4.69, 9.17) is 16.3 Å². The third-order valence-corrected chi connectivity index (χ3v) is 4.01. The highest BCUT2D eigenvalue weighted by Gasteiger charge is 2.22. The number of halogens is 1. The van der Waals surface area contributed by atoms with Crippen LogP contribution < -0.4 is 10.1 Å². The maximum atomic E-state index is 12.2. The summed E-state index contributed by atoms with van der Waals surface area (Å²) in [6.45, 7) is 4.69. The standard InChI is InChI=1S/C18H20ClNO2/c1-18(2,13-8-10-14(22-3)11-9-13)12-20-17(21)15-6-4-5-7-16(15)19/h4-11H,12H2,1-3H3,(H,20,21). The molecular weight excluding hydrogens is 298 g/mol. The van der Waals surface area contributed by atoms with Gasteiger partial charge in [0, 0.05) is 12.0 Å². The van der Waals surface area contributed by atoms with Crippen LogP contribution in [0.2, 0.25) is 5.02 Å². The molecule has 116 valence electrons. The van der Waals surface area contributed by atoms with Gasteiger partial charge in [0.25, 0.3) is 5.91 Å². The van der Waals surface area contributed by atoms with Gasteiger partial charge >= 0.3 is 0 Å². The number of hydrogen-bond donors (Lipinski definition) is 1. The second-order valence-electron chi connectivity index (χ2n) is 5.77. The van der Waals surface area contributed by atoms with Crippen molar-refractivity contribution in [3.05, 3.63) is 64.7 Å². The molecule has 0 bridgehead atoms. The summed E-state index contributed by atoms with van der Waals surface area (Å²) in [5.41, 5.74) is 1.44. The molecule has 0 heterocycles. The number of amides is 1. The fourth-order valence-corrected chi connectivity index (χ4v) is 2.41. The number of carbonyl (C=O) groups excluding carboxylic acids is 1. The second-order valence-corrected chi connectivity index (χ2v) is 6.18. The van der Waals surface area contributed by atoms with Crippen molar-refractivity contribution in [2.75, 3.05) is 13.7 Å². The van der Waals surface area contributed by atoms with Crippen molar-refractivity contribution < 1.29 is 9.53 Å². The number of benzene rings is 2. The van der Waals surface area contributed by atoms with Gasteiger partial charge in [-0.1, -0.05) is 49.7 Å². The number of hydrogen-bond acceptors (Lipinski definition) is 2. The number of rotatable bonds is 5. The fraction of sp³-hybridized carbons (Fsp3) is 0.278. The average Bonchev–Trinajstić information content (AvgIpc) is 2.53. The van der Waals surface area contributed by atoms with E-state index in [1.54, 1.807) is 31.4 Å². The van der Waals surface area contributed by atoms with E-state index in [9.17, 15) is 4.79 Å². The van der Waals surface area contributed by atoms with Crippen molar-refractivity contribution in [2.24, 2.45) is 0 Å². The highest BCUT2D eigenvalue weighted by molar-refractivity contribution is 6.33. The van der Waals surface area contributed by atoms with Gasteiger partial charge in [-0.2, -0.15) is 0 Å². The quantitative estimate of drug-likeness (QED) is 0.903. The van der Waals surface area contributed by atoms with E-state index in [0.717, 1.165) is 11.3 Å². The number of ether oxygens (including phenoxy) is 1. The first-order chi connectivity index (χ1) is 10.4. The lowest BCUT2D eigenvalue weighted by atomic mass is 9.84. The van der Waals surface area contributed by atoms with Crippen LogP contribution in [-0.2, 0) is 5.41 Å². The van der Waals surface area contributed by atoms with Gasteiger partial charge in [-0.15, -0.1) is 0 Å². The Kier molecular flexibility index (Phi) is 5.09. The maximum Gasteiger partial charge on any atom is 0.252 e. The summed E-state index contributed by atoms with van der Waals surface area (Å²) in [5.74, 6) is 0.659. The van der Waals surface area contributed by atoms with E-state index in [1.807, 2.05) is 24.3 Å². The molecule has 0 radical (unpaired) electrons. The molecule has 0 fully saturated rings. The van der Waals surface area contributed by atoms with Crippen molar-refractivity contribution in [2.45, 2.75) is 19.3 Å². The predicted octanol–water partition coefficient (Wildman–Crippen LogP) is 4.06. The summed E-state index contributed by atoms with van der Waals surface area (Å²) < 4.78 is 5.17. The molecule has 0 spiro atoms. The maximum absolute atomic E-state index is 12.2. The van der Waals surface area contributed by atoms with E-state index in [-0.39, 0.29) is 11.3 Å². The molecule has 3 nitrogen and oxygen atoms in total. The third kappa shape index (κ3) is 3.80. The lowest BCUT2D eigenvalue weighted by Crippen LogP contribution is -2.36. The molecule has 0 aliphatic carbocycles. The van der Waals surface area contributed by atoms with Crippen molar-refractivity contribution in [3.8, 4) is 5.75 Å².